The van der Waals surface area contributed by atoms with Crippen LogP contribution in [0.15, 0.2) is 51.5 Å². The number of aromatic nitrogens is 2. The molecule has 0 aliphatic carbocycles. The molecule has 0 radical (unpaired) electrons. The third kappa shape index (κ3) is 4.47. The zero-order valence-corrected chi connectivity index (χ0v) is 14.9. The molecule has 0 amide bonds. The van der Waals surface area contributed by atoms with Gasteiger partial charge in [-0.1, -0.05) is 50.4 Å². The van der Waals surface area contributed by atoms with E-state index in [2.05, 4.69) is 26.1 Å². The van der Waals surface area contributed by atoms with Gasteiger partial charge in [0.25, 0.3) is 5.89 Å². The average molecular weight is 414 g/mol. The standard InChI is InChI=1S/C16H11BrCl2N2O2/c17-11-2-5-13(6-3-11)22-9-16-20-15(21-23-16)7-10-1-4-12(18)8-14(10)19/h1-6,8H,7,9H2. The van der Waals surface area contributed by atoms with Crippen molar-refractivity contribution in [3.05, 3.63) is 74.3 Å². The lowest BCUT2D eigenvalue weighted by Crippen LogP contribution is -1.97. The van der Waals surface area contributed by atoms with Gasteiger partial charge in [0, 0.05) is 20.9 Å². The molecule has 0 fully saturated rings. The van der Waals surface area contributed by atoms with Crippen molar-refractivity contribution < 1.29 is 9.26 Å². The minimum absolute atomic E-state index is 0.211. The zero-order valence-electron chi connectivity index (χ0n) is 11.8. The van der Waals surface area contributed by atoms with E-state index in [0.717, 1.165) is 15.8 Å². The maximum atomic E-state index is 6.14. The van der Waals surface area contributed by atoms with Gasteiger partial charge in [0.1, 0.15) is 5.75 Å². The topological polar surface area (TPSA) is 48.2 Å². The van der Waals surface area contributed by atoms with Gasteiger partial charge >= 0.3 is 0 Å². The number of hydrogen-bond donors (Lipinski definition) is 0. The van der Waals surface area contributed by atoms with Crippen LogP contribution in [0.25, 0.3) is 0 Å². The van der Waals surface area contributed by atoms with Crippen LogP contribution >= 0.6 is 39.1 Å². The maximum absolute atomic E-state index is 6.14. The summed E-state index contributed by atoms with van der Waals surface area (Å²) in [7, 11) is 0. The van der Waals surface area contributed by atoms with E-state index in [9.17, 15) is 0 Å². The Labute approximate surface area is 151 Å². The summed E-state index contributed by atoms with van der Waals surface area (Å²) in [6, 6.07) is 12.8. The molecule has 7 heteroatoms. The number of rotatable bonds is 5. The van der Waals surface area contributed by atoms with Gasteiger partial charge in [-0.2, -0.15) is 4.98 Å². The van der Waals surface area contributed by atoms with Crippen LogP contribution in [0.5, 0.6) is 5.75 Å². The molecule has 0 spiro atoms. The van der Waals surface area contributed by atoms with Gasteiger partial charge in [-0.25, -0.2) is 0 Å². The Morgan fingerprint density at radius 2 is 1.87 bits per heavy atom. The molecule has 0 bridgehead atoms. The first-order valence-electron chi connectivity index (χ1n) is 6.74. The first-order valence-corrected chi connectivity index (χ1v) is 8.29. The Bertz CT molecular complexity index is 806. The molecule has 0 saturated carbocycles. The molecule has 0 unspecified atom stereocenters. The number of benzene rings is 2. The summed E-state index contributed by atoms with van der Waals surface area (Å²) >= 11 is 15.4. The molecule has 0 atom stereocenters. The van der Waals surface area contributed by atoms with Crippen molar-refractivity contribution >= 4 is 39.1 Å². The van der Waals surface area contributed by atoms with Gasteiger partial charge in [-0.15, -0.1) is 0 Å². The second kappa shape index (κ2) is 7.34. The molecule has 23 heavy (non-hydrogen) atoms. The Morgan fingerprint density at radius 3 is 2.61 bits per heavy atom. The summed E-state index contributed by atoms with van der Waals surface area (Å²) in [5.41, 5.74) is 0.886. The number of nitrogens with zero attached hydrogens (tertiary/aromatic N) is 2. The van der Waals surface area contributed by atoms with Gasteiger partial charge in [0.2, 0.25) is 0 Å². The highest BCUT2D eigenvalue weighted by molar-refractivity contribution is 9.10. The van der Waals surface area contributed by atoms with E-state index in [1.807, 2.05) is 30.3 Å². The molecule has 0 aliphatic rings. The second-order valence-electron chi connectivity index (χ2n) is 4.76. The van der Waals surface area contributed by atoms with Crippen LogP contribution in [0.2, 0.25) is 10.0 Å². The summed E-state index contributed by atoms with van der Waals surface area (Å²) < 4.78 is 11.8. The SMILES string of the molecule is Clc1ccc(Cc2noc(COc3ccc(Br)cc3)n2)c(Cl)c1. The van der Waals surface area contributed by atoms with Gasteiger partial charge in [0.05, 0.1) is 0 Å². The quantitative estimate of drug-likeness (QED) is 0.568. The van der Waals surface area contributed by atoms with Gasteiger partial charge in [0.15, 0.2) is 12.4 Å². The van der Waals surface area contributed by atoms with Crippen molar-refractivity contribution in [1.29, 1.82) is 0 Å². The van der Waals surface area contributed by atoms with E-state index in [0.29, 0.717) is 28.2 Å². The smallest absolute Gasteiger partial charge is 0.264 e. The molecule has 0 aliphatic heterocycles. The first-order chi connectivity index (χ1) is 11.1. The Kier molecular flexibility index (Phi) is 5.20. The highest BCUT2D eigenvalue weighted by atomic mass is 79.9. The van der Waals surface area contributed by atoms with Crippen LogP contribution in [0.3, 0.4) is 0 Å². The number of halogens is 3. The molecule has 0 saturated heterocycles. The van der Waals surface area contributed by atoms with Crippen molar-refractivity contribution in [2.45, 2.75) is 13.0 Å². The van der Waals surface area contributed by atoms with E-state index in [1.165, 1.54) is 0 Å². The third-order valence-corrected chi connectivity index (χ3v) is 4.17. The second-order valence-corrected chi connectivity index (χ2v) is 6.52. The van der Waals surface area contributed by atoms with Gasteiger partial charge in [-0.05, 0) is 42.0 Å². The fraction of sp³-hybridized carbons (Fsp3) is 0.125. The lowest BCUT2D eigenvalue weighted by molar-refractivity contribution is 0.242. The molecule has 2 aromatic carbocycles. The highest BCUT2D eigenvalue weighted by Crippen LogP contribution is 2.23. The van der Waals surface area contributed by atoms with Gasteiger partial charge < -0.3 is 9.26 Å². The maximum Gasteiger partial charge on any atom is 0.264 e. The Morgan fingerprint density at radius 1 is 1.09 bits per heavy atom. The molecule has 1 aromatic heterocycles. The van der Waals surface area contributed by atoms with Crippen LogP contribution in [-0.4, -0.2) is 10.1 Å². The minimum Gasteiger partial charge on any atom is -0.484 e. The first kappa shape index (κ1) is 16.3. The summed E-state index contributed by atoms with van der Waals surface area (Å²) in [5.74, 6) is 1.69. The van der Waals surface area contributed by atoms with E-state index >= 15 is 0 Å². The lowest BCUT2D eigenvalue weighted by Gasteiger charge is -2.02. The van der Waals surface area contributed by atoms with Crippen LogP contribution in [-0.2, 0) is 13.0 Å². The predicted octanol–water partition coefficient (Wildman–Crippen LogP) is 5.31. The van der Waals surface area contributed by atoms with E-state index in [1.54, 1.807) is 12.1 Å². The summed E-state index contributed by atoms with van der Waals surface area (Å²) in [4.78, 5) is 4.30. The third-order valence-electron chi connectivity index (χ3n) is 3.05. The minimum atomic E-state index is 0.211. The average Bonchev–Trinajstić information content (AvgIpc) is 2.97. The highest BCUT2D eigenvalue weighted by Gasteiger charge is 2.10. The molecular formula is C16H11BrCl2N2O2. The number of ether oxygens (including phenoxy) is 1. The molecule has 118 valence electrons. The zero-order chi connectivity index (χ0) is 16.2. The predicted molar refractivity (Wildman–Crippen MR) is 92.0 cm³/mol. The van der Waals surface area contributed by atoms with Crippen molar-refractivity contribution in [2.24, 2.45) is 0 Å². The lowest BCUT2D eigenvalue weighted by atomic mass is 10.1. The molecule has 1 heterocycles. The summed E-state index contributed by atoms with van der Waals surface area (Å²) in [6.45, 7) is 0.211. The fourth-order valence-electron chi connectivity index (χ4n) is 1.93. The fourth-order valence-corrected chi connectivity index (χ4v) is 2.67. The molecule has 3 rings (SSSR count). The van der Waals surface area contributed by atoms with E-state index in [4.69, 9.17) is 32.5 Å². The van der Waals surface area contributed by atoms with Crippen LogP contribution in [0, 0.1) is 0 Å². The van der Waals surface area contributed by atoms with Crippen molar-refractivity contribution in [3.8, 4) is 5.75 Å². The largest absolute Gasteiger partial charge is 0.484 e. The van der Waals surface area contributed by atoms with E-state index < -0.39 is 0 Å². The van der Waals surface area contributed by atoms with Crippen molar-refractivity contribution in [3.63, 3.8) is 0 Å². The van der Waals surface area contributed by atoms with Crippen molar-refractivity contribution in [2.75, 3.05) is 0 Å². The van der Waals surface area contributed by atoms with Crippen LogP contribution in [0.4, 0.5) is 0 Å². The Balaban J connectivity index is 1.62. The molecule has 0 N–H and O–H groups in total. The van der Waals surface area contributed by atoms with Gasteiger partial charge in [-0.3, -0.25) is 0 Å². The van der Waals surface area contributed by atoms with Crippen LogP contribution < -0.4 is 4.74 Å². The molecule has 4 nitrogen and oxygen atoms in total. The summed E-state index contributed by atoms with van der Waals surface area (Å²) in [5, 5.41) is 5.11. The Hall–Kier alpha value is -1.56. The monoisotopic (exact) mass is 412 g/mol. The molecular weight excluding hydrogens is 403 g/mol. The van der Waals surface area contributed by atoms with Crippen molar-refractivity contribution in [1.82, 2.24) is 10.1 Å². The number of hydrogen-bond acceptors (Lipinski definition) is 4. The van der Waals surface area contributed by atoms with Crippen LogP contribution in [0.1, 0.15) is 17.3 Å². The normalized spacial score (nSPS) is 10.7. The van der Waals surface area contributed by atoms with E-state index in [-0.39, 0.29) is 6.61 Å². The molecule has 3 aromatic rings. The summed E-state index contributed by atoms with van der Waals surface area (Å²) in [6.07, 6.45) is 0.470.